The molecule has 3 rings (SSSR count). The third-order valence-electron chi connectivity index (χ3n) is 3.42. The minimum absolute atomic E-state index is 0.960. The van der Waals surface area contributed by atoms with Gasteiger partial charge < -0.3 is 0 Å². The van der Waals surface area contributed by atoms with Gasteiger partial charge in [0.25, 0.3) is 0 Å². The lowest BCUT2D eigenvalue weighted by Crippen LogP contribution is -2.68. The Morgan fingerprint density at radius 3 is 1.76 bits per heavy atom. The fourth-order valence-electron chi connectivity index (χ4n) is 2.54. The van der Waals surface area contributed by atoms with Gasteiger partial charge in [0.05, 0.1) is 0 Å². The number of aryl methyl sites for hydroxylation is 2. The first-order valence-corrected chi connectivity index (χ1v) is 8.61. The van der Waals surface area contributed by atoms with Crippen LogP contribution in [0.4, 0.5) is 0 Å². The summed E-state index contributed by atoms with van der Waals surface area (Å²) in [4.78, 5) is 4.44. The summed E-state index contributed by atoms with van der Waals surface area (Å²) in [5, 5.41) is 0. The zero-order valence-electron chi connectivity index (χ0n) is 13.8. The van der Waals surface area contributed by atoms with Crippen molar-refractivity contribution >= 4 is 0 Å². The van der Waals surface area contributed by atoms with Crippen LogP contribution in [0, 0.1) is 24.1 Å². The molecule has 0 amide bonds. The number of halogens is 1. The van der Waals surface area contributed by atoms with Gasteiger partial charge in [-0.3, -0.25) is 0 Å². The molecular weight excluding hydrogens is 344 g/mol. The fourth-order valence-corrected chi connectivity index (χ4v) is 2.54. The lowest BCUT2D eigenvalue weighted by molar-refractivity contribution is -2.00. The Balaban J connectivity index is 0.000000399. The van der Waals surface area contributed by atoms with Crippen LogP contribution in [0.25, 0.3) is 16.9 Å². The van der Waals surface area contributed by atoms with E-state index in [2.05, 4.69) is 59.8 Å². The molecule has 25 heavy (non-hydrogen) atoms. The van der Waals surface area contributed by atoms with E-state index in [1.807, 2.05) is 30.5 Å². The van der Waals surface area contributed by atoms with Gasteiger partial charge in [0.2, 0.25) is 0 Å². The molecular formula is C18H17ClN2O4. The molecule has 130 valence electrons. The van der Waals surface area contributed by atoms with E-state index in [4.69, 9.17) is 18.6 Å². The van der Waals surface area contributed by atoms with E-state index in [1.165, 1.54) is 22.5 Å². The summed E-state index contributed by atoms with van der Waals surface area (Å²) < 4.78 is 36.1. The number of hydrogen-bond acceptors (Lipinski definition) is 5. The maximum absolute atomic E-state index is 8.49. The molecule has 0 saturated heterocycles. The summed E-state index contributed by atoms with van der Waals surface area (Å²) in [6.45, 7) is 4.24. The van der Waals surface area contributed by atoms with Crippen molar-refractivity contribution in [1.29, 1.82) is 0 Å². The van der Waals surface area contributed by atoms with Crippen LogP contribution < -0.4 is 23.2 Å². The molecule has 7 heteroatoms. The van der Waals surface area contributed by atoms with Gasteiger partial charge in [0.15, 0.2) is 0 Å². The van der Waals surface area contributed by atoms with Crippen LogP contribution in [0.3, 0.4) is 0 Å². The Morgan fingerprint density at radius 2 is 1.28 bits per heavy atom. The highest BCUT2D eigenvalue weighted by molar-refractivity contribution is 5.63. The van der Waals surface area contributed by atoms with Crippen LogP contribution in [-0.4, -0.2) is 4.98 Å². The highest BCUT2D eigenvalue weighted by Gasteiger charge is 2.14. The van der Waals surface area contributed by atoms with Crippen molar-refractivity contribution in [2.24, 2.45) is 0 Å². The minimum atomic E-state index is -4.94. The number of pyridine rings is 2. The predicted molar refractivity (Wildman–Crippen MR) is 80.7 cm³/mol. The quantitative estimate of drug-likeness (QED) is 0.538. The highest BCUT2D eigenvalue weighted by atomic mass is 35.7. The molecule has 0 radical (unpaired) electrons. The predicted octanol–water partition coefficient (Wildman–Crippen LogP) is -1.11. The molecule has 0 fully saturated rings. The lowest BCUT2D eigenvalue weighted by atomic mass is 10.0. The zero-order chi connectivity index (χ0) is 18.4. The summed E-state index contributed by atoms with van der Waals surface area (Å²) in [5.74, 6) is 0.960. The van der Waals surface area contributed by atoms with Crippen LogP contribution in [0.1, 0.15) is 11.4 Å². The Labute approximate surface area is 148 Å². The molecule has 0 aliphatic rings. The molecule has 6 nitrogen and oxygen atoms in total. The third-order valence-corrected chi connectivity index (χ3v) is 3.42. The molecule has 0 aliphatic heterocycles. The zero-order valence-corrected chi connectivity index (χ0v) is 14.5. The molecule has 2 aromatic heterocycles. The molecule has 0 saturated carbocycles. The molecule has 0 N–H and O–H groups in total. The maximum atomic E-state index is 8.49. The lowest BCUT2D eigenvalue weighted by Gasteiger charge is -2.17. The van der Waals surface area contributed by atoms with Gasteiger partial charge in [-0.2, -0.15) is 4.57 Å². The first kappa shape index (κ1) is 19.0. The third kappa shape index (κ3) is 5.90. The first-order valence-electron chi connectivity index (χ1n) is 7.37. The van der Waals surface area contributed by atoms with E-state index in [1.54, 1.807) is 0 Å². The normalized spacial score (nSPS) is 10.8. The van der Waals surface area contributed by atoms with Crippen LogP contribution in [0.2, 0.25) is 0 Å². The number of hydrogen-bond donors (Lipinski definition) is 0. The van der Waals surface area contributed by atoms with E-state index in [0.29, 0.717) is 0 Å². The van der Waals surface area contributed by atoms with Crippen molar-refractivity contribution in [3.05, 3.63) is 78.2 Å². The van der Waals surface area contributed by atoms with Crippen molar-refractivity contribution in [2.75, 3.05) is 0 Å². The summed E-state index contributed by atoms with van der Waals surface area (Å²) in [6.07, 6.45) is 1.83. The second-order valence-electron chi connectivity index (χ2n) is 5.29. The van der Waals surface area contributed by atoms with Gasteiger partial charge >= 0.3 is 5.82 Å². The van der Waals surface area contributed by atoms with Crippen LogP contribution in [0.5, 0.6) is 0 Å². The largest absolute Gasteiger partial charge is 0.327 e. The minimum Gasteiger partial charge on any atom is -0.222 e. The van der Waals surface area contributed by atoms with Crippen LogP contribution in [0.15, 0.2) is 66.9 Å². The van der Waals surface area contributed by atoms with E-state index >= 15 is 0 Å². The van der Waals surface area contributed by atoms with Crippen molar-refractivity contribution in [2.45, 2.75) is 13.8 Å². The Bertz CT molecular complexity index is 792. The van der Waals surface area contributed by atoms with Crippen LogP contribution in [-0.2, 0) is 0 Å². The maximum Gasteiger partial charge on any atom is 0.327 e. The second kappa shape index (κ2) is 8.15. The number of rotatable bonds is 2. The van der Waals surface area contributed by atoms with Crippen molar-refractivity contribution < 1.29 is 33.4 Å². The number of aromatic nitrogens is 2. The van der Waals surface area contributed by atoms with E-state index < -0.39 is 10.2 Å². The van der Waals surface area contributed by atoms with Gasteiger partial charge in [0, 0.05) is 6.07 Å². The first-order chi connectivity index (χ1) is 11.8. The fraction of sp³-hybridized carbons (Fsp3) is 0.111. The SMILES string of the molecule is Cc1cc(-c2ccccc2)cc(C)[n+]1-c1ccccn1.[O-][Cl+3]([O-])([O-])[O-]. The Kier molecular flexibility index (Phi) is 6.19. The average molecular weight is 361 g/mol. The molecule has 2 heterocycles. The summed E-state index contributed by atoms with van der Waals surface area (Å²) in [6, 6.07) is 20.8. The van der Waals surface area contributed by atoms with E-state index in [9.17, 15) is 0 Å². The van der Waals surface area contributed by atoms with Gasteiger partial charge in [-0.15, -0.1) is 10.2 Å². The van der Waals surface area contributed by atoms with Crippen molar-refractivity contribution in [3.63, 3.8) is 0 Å². The Morgan fingerprint density at radius 1 is 0.760 bits per heavy atom. The Hall–Kier alpha value is -2.35. The standard InChI is InChI=1S/C18H17N2.ClHO4/c1-14-12-17(16-8-4-3-5-9-16)13-15(2)20(14)18-10-6-7-11-19-18;2-1(3,4)5/h3-13H,1-2H3;(H,2,3,4,5)/q+1;/p-1. The van der Waals surface area contributed by atoms with Gasteiger partial charge in [-0.1, -0.05) is 36.4 Å². The van der Waals surface area contributed by atoms with E-state index in [0.717, 1.165) is 5.82 Å². The molecule has 1 aromatic carbocycles. The number of benzene rings is 1. The van der Waals surface area contributed by atoms with Crippen LogP contribution >= 0.6 is 0 Å². The average Bonchev–Trinajstić information content (AvgIpc) is 2.54. The molecule has 0 aliphatic carbocycles. The summed E-state index contributed by atoms with van der Waals surface area (Å²) in [7, 11) is -4.94. The van der Waals surface area contributed by atoms with Crippen molar-refractivity contribution in [3.8, 4) is 16.9 Å². The molecule has 3 aromatic rings. The van der Waals surface area contributed by atoms with Gasteiger partial charge in [-0.25, -0.2) is 18.6 Å². The molecule has 0 unspecified atom stereocenters. The summed E-state index contributed by atoms with van der Waals surface area (Å²) >= 11 is 0. The summed E-state index contributed by atoms with van der Waals surface area (Å²) in [5.41, 5.74) is 4.85. The second-order valence-corrected chi connectivity index (χ2v) is 6.05. The van der Waals surface area contributed by atoms with E-state index in [-0.39, 0.29) is 0 Å². The molecule has 0 atom stereocenters. The van der Waals surface area contributed by atoms with Gasteiger partial charge in [0.1, 0.15) is 17.6 Å². The topological polar surface area (TPSA) is 109 Å². The molecule has 0 spiro atoms. The van der Waals surface area contributed by atoms with Gasteiger partial charge in [-0.05, 0) is 48.2 Å². The number of nitrogens with zero attached hydrogens (tertiary/aromatic N) is 2. The monoisotopic (exact) mass is 360 g/mol. The van der Waals surface area contributed by atoms with Crippen molar-refractivity contribution in [1.82, 2.24) is 4.98 Å². The molecule has 0 bridgehead atoms. The smallest absolute Gasteiger partial charge is 0.222 e. The highest BCUT2D eigenvalue weighted by Crippen LogP contribution is 2.20.